The number of nitrogens with two attached hydrogens (primary N) is 1. The summed E-state index contributed by atoms with van der Waals surface area (Å²) in [6, 6.07) is 4.78. The van der Waals surface area contributed by atoms with Crippen molar-refractivity contribution in [3.63, 3.8) is 0 Å². The maximum Gasteiger partial charge on any atom is 0.416 e. The van der Waals surface area contributed by atoms with Gasteiger partial charge in [-0.25, -0.2) is 4.98 Å². The molecule has 6 heteroatoms. The van der Waals surface area contributed by atoms with Crippen molar-refractivity contribution in [2.45, 2.75) is 13.1 Å². The first kappa shape index (κ1) is 12.3. The van der Waals surface area contributed by atoms with E-state index >= 15 is 0 Å². The van der Waals surface area contributed by atoms with Crippen LogP contribution in [0.15, 0.2) is 30.5 Å². The summed E-state index contributed by atoms with van der Waals surface area (Å²) >= 11 is 0. The minimum Gasteiger partial charge on any atom is -0.382 e. The molecule has 2 aromatic rings. The van der Waals surface area contributed by atoms with E-state index in [1.165, 1.54) is 18.3 Å². The van der Waals surface area contributed by atoms with Crippen LogP contribution in [0.25, 0.3) is 11.3 Å². The van der Waals surface area contributed by atoms with E-state index < -0.39 is 11.7 Å². The summed E-state index contributed by atoms with van der Waals surface area (Å²) in [6.07, 6.45) is -2.96. The van der Waals surface area contributed by atoms with E-state index in [-0.39, 0.29) is 5.82 Å². The number of halogens is 3. The lowest BCUT2D eigenvalue weighted by Crippen LogP contribution is -2.04. The normalized spacial score (nSPS) is 11.6. The van der Waals surface area contributed by atoms with E-state index in [1.54, 1.807) is 6.92 Å². The fourth-order valence-electron chi connectivity index (χ4n) is 1.60. The fourth-order valence-corrected chi connectivity index (χ4v) is 1.60. The highest BCUT2D eigenvalue weighted by Gasteiger charge is 2.30. The van der Waals surface area contributed by atoms with Crippen molar-refractivity contribution in [2.75, 3.05) is 5.73 Å². The summed E-state index contributed by atoms with van der Waals surface area (Å²) in [5.41, 5.74) is 6.46. The molecule has 1 aromatic heterocycles. The number of benzene rings is 1. The van der Waals surface area contributed by atoms with Crippen LogP contribution in [-0.2, 0) is 6.18 Å². The minimum atomic E-state index is -4.33. The first-order valence-electron chi connectivity index (χ1n) is 5.14. The van der Waals surface area contributed by atoms with Crippen LogP contribution in [0.2, 0.25) is 0 Å². The third kappa shape index (κ3) is 2.42. The molecule has 0 aliphatic rings. The van der Waals surface area contributed by atoms with Crippen molar-refractivity contribution >= 4 is 5.82 Å². The van der Waals surface area contributed by atoms with Crippen LogP contribution in [0.3, 0.4) is 0 Å². The number of hydrogen-bond donors (Lipinski definition) is 1. The zero-order valence-corrected chi connectivity index (χ0v) is 9.49. The second-order valence-corrected chi connectivity index (χ2v) is 3.80. The number of nitrogen functional groups attached to an aromatic ring is 1. The predicted octanol–water partition coefficient (Wildman–Crippen LogP) is 3.05. The van der Waals surface area contributed by atoms with Crippen LogP contribution in [-0.4, -0.2) is 9.97 Å². The highest BCUT2D eigenvalue weighted by Crippen LogP contribution is 2.31. The van der Waals surface area contributed by atoms with Gasteiger partial charge in [-0.3, -0.25) is 4.98 Å². The second kappa shape index (κ2) is 4.29. The summed E-state index contributed by atoms with van der Waals surface area (Å²) in [5.74, 6) is 0.281. The van der Waals surface area contributed by atoms with Crippen molar-refractivity contribution < 1.29 is 13.2 Å². The molecule has 2 rings (SSSR count). The molecule has 0 aliphatic heterocycles. The van der Waals surface area contributed by atoms with Crippen LogP contribution < -0.4 is 5.73 Å². The Kier molecular flexibility index (Phi) is 2.94. The number of anilines is 1. The summed E-state index contributed by atoms with van der Waals surface area (Å²) < 4.78 is 37.2. The number of rotatable bonds is 1. The molecule has 0 saturated heterocycles. The summed E-state index contributed by atoms with van der Waals surface area (Å²) in [4.78, 5) is 8.09. The van der Waals surface area contributed by atoms with E-state index in [2.05, 4.69) is 9.97 Å². The first-order chi connectivity index (χ1) is 8.38. The predicted molar refractivity (Wildman–Crippen MR) is 61.6 cm³/mol. The Hall–Kier alpha value is -2.11. The average Bonchev–Trinajstić information content (AvgIpc) is 2.28. The zero-order chi connectivity index (χ0) is 13.3. The summed E-state index contributed by atoms with van der Waals surface area (Å²) in [5, 5.41) is 0. The molecule has 0 aliphatic carbocycles. The van der Waals surface area contributed by atoms with Crippen molar-refractivity contribution in [1.82, 2.24) is 9.97 Å². The van der Waals surface area contributed by atoms with Crippen molar-refractivity contribution in [1.29, 1.82) is 0 Å². The number of nitrogens with zero attached hydrogens (tertiary/aromatic N) is 2. The van der Waals surface area contributed by atoms with Crippen molar-refractivity contribution in [3.05, 3.63) is 41.7 Å². The third-order valence-corrected chi connectivity index (χ3v) is 2.45. The molecular weight excluding hydrogens is 243 g/mol. The van der Waals surface area contributed by atoms with Crippen molar-refractivity contribution in [3.8, 4) is 11.3 Å². The molecule has 0 saturated carbocycles. The van der Waals surface area contributed by atoms with E-state index in [1.807, 2.05) is 0 Å². The van der Waals surface area contributed by atoms with Gasteiger partial charge in [0.1, 0.15) is 5.82 Å². The molecule has 0 amide bonds. The monoisotopic (exact) mass is 253 g/mol. The Morgan fingerprint density at radius 1 is 1.11 bits per heavy atom. The van der Waals surface area contributed by atoms with Gasteiger partial charge in [0, 0.05) is 5.56 Å². The highest BCUT2D eigenvalue weighted by molar-refractivity contribution is 5.62. The van der Waals surface area contributed by atoms with Crippen LogP contribution in [0.4, 0.5) is 19.0 Å². The molecule has 0 bridgehead atoms. The number of hydrogen-bond acceptors (Lipinski definition) is 3. The average molecular weight is 253 g/mol. The fraction of sp³-hybridized carbons (Fsp3) is 0.167. The van der Waals surface area contributed by atoms with Gasteiger partial charge in [0.25, 0.3) is 0 Å². The maximum atomic E-state index is 12.4. The molecule has 18 heavy (non-hydrogen) atoms. The van der Waals surface area contributed by atoms with Gasteiger partial charge < -0.3 is 5.73 Å². The van der Waals surface area contributed by atoms with Gasteiger partial charge in [-0.05, 0) is 19.1 Å². The standard InChI is InChI=1S/C12H10F3N3/c1-7-11(17-6-10(16)18-7)8-2-4-9(5-3-8)12(13,14)15/h2-6H,1H3,(H2,16,18). The molecule has 0 radical (unpaired) electrons. The molecule has 0 spiro atoms. The van der Waals surface area contributed by atoms with Gasteiger partial charge in [-0.15, -0.1) is 0 Å². The SMILES string of the molecule is Cc1nc(N)cnc1-c1ccc(C(F)(F)F)cc1. The lowest BCUT2D eigenvalue weighted by Gasteiger charge is -2.08. The molecule has 2 N–H and O–H groups in total. The number of alkyl halides is 3. The Bertz CT molecular complexity index is 562. The van der Waals surface area contributed by atoms with E-state index in [0.717, 1.165) is 12.1 Å². The number of aromatic nitrogens is 2. The quantitative estimate of drug-likeness (QED) is 0.849. The summed E-state index contributed by atoms with van der Waals surface area (Å²) in [7, 11) is 0. The molecule has 0 fully saturated rings. The Balaban J connectivity index is 2.41. The van der Waals surface area contributed by atoms with Gasteiger partial charge >= 0.3 is 6.18 Å². The Morgan fingerprint density at radius 3 is 2.22 bits per heavy atom. The first-order valence-corrected chi connectivity index (χ1v) is 5.14. The van der Waals surface area contributed by atoms with Crippen molar-refractivity contribution in [2.24, 2.45) is 0 Å². The lowest BCUT2D eigenvalue weighted by atomic mass is 10.1. The van der Waals surface area contributed by atoms with Gasteiger partial charge in [0.2, 0.25) is 0 Å². The Morgan fingerprint density at radius 2 is 1.72 bits per heavy atom. The van der Waals surface area contributed by atoms with Gasteiger partial charge in [0.05, 0.1) is 23.1 Å². The van der Waals surface area contributed by atoms with Crippen LogP contribution in [0, 0.1) is 6.92 Å². The van der Waals surface area contributed by atoms with E-state index in [9.17, 15) is 13.2 Å². The third-order valence-electron chi connectivity index (χ3n) is 2.45. The lowest BCUT2D eigenvalue weighted by molar-refractivity contribution is -0.137. The minimum absolute atomic E-state index is 0.281. The molecule has 1 aromatic carbocycles. The largest absolute Gasteiger partial charge is 0.416 e. The molecule has 0 atom stereocenters. The zero-order valence-electron chi connectivity index (χ0n) is 9.49. The molecule has 0 unspecified atom stereocenters. The smallest absolute Gasteiger partial charge is 0.382 e. The van der Waals surface area contributed by atoms with Gasteiger partial charge in [-0.2, -0.15) is 13.2 Å². The molecule has 1 heterocycles. The topological polar surface area (TPSA) is 51.8 Å². The van der Waals surface area contributed by atoms with Crippen LogP contribution in [0.5, 0.6) is 0 Å². The molecular formula is C12H10F3N3. The molecule has 3 nitrogen and oxygen atoms in total. The van der Waals surface area contributed by atoms with Crippen LogP contribution in [0.1, 0.15) is 11.3 Å². The summed E-state index contributed by atoms with van der Waals surface area (Å²) in [6.45, 7) is 1.70. The second-order valence-electron chi connectivity index (χ2n) is 3.80. The maximum absolute atomic E-state index is 12.4. The number of aryl methyl sites for hydroxylation is 1. The Labute approximate surface area is 101 Å². The van der Waals surface area contributed by atoms with E-state index in [0.29, 0.717) is 17.0 Å². The van der Waals surface area contributed by atoms with E-state index in [4.69, 9.17) is 5.73 Å². The van der Waals surface area contributed by atoms with Gasteiger partial charge in [0.15, 0.2) is 0 Å². The van der Waals surface area contributed by atoms with Crippen LogP contribution >= 0.6 is 0 Å². The highest BCUT2D eigenvalue weighted by atomic mass is 19.4. The van der Waals surface area contributed by atoms with Gasteiger partial charge in [-0.1, -0.05) is 12.1 Å². The molecule has 94 valence electrons.